The highest BCUT2D eigenvalue weighted by molar-refractivity contribution is 7.89. The Bertz CT molecular complexity index is 642. The predicted molar refractivity (Wildman–Crippen MR) is 71.5 cm³/mol. The number of carboxylic acid groups (broad SMARTS) is 1. The summed E-state index contributed by atoms with van der Waals surface area (Å²) >= 11 is 0. The molecule has 1 amide bonds. The number of primary sulfonamides is 1. The van der Waals surface area contributed by atoms with Gasteiger partial charge in [-0.3, -0.25) is 4.79 Å². The number of sulfonamides is 1. The fourth-order valence-corrected chi connectivity index (χ4v) is 1.92. The number of methoxy groups -OCH3 is 1. The third kappa shape index (κ3) is 5.38. The summed E-state index contributed by atoms with van der Waals surface area (Å²) in [5, 5.41) is 15.7. The summed E-state index contributed by atoms with van der Waals surface area (Å²) in [7, 11) is -2.59. The molecule has 0 unspecified atom stereocenters. The molecule has 4 N–H and O–H groups in total. The second-order valence-electron chi connectivity index (χ2n) is 3.84. The van der Waals surface area contributed by atoms with E-state index in [0.717, 1.165) is 6.07 Å². The van der Waals surface area contributed by atoms with Gasteiger partial charge in [0.25, 0.3) is 0 Å². The van der Waals surface area contributed by atoms with Crippen LogP contribution < -0.4 is 15.2 Å². The van der Waals surface area contributed by atoms with E-state index in [-0.39, 0.29) is 16.3 Å². The molecule has 0 saturated heterocycles. The lowest BCUT2D eigenvalue weighted by Gasteiger charge is -2.11. The Hall–Kier alpha value is -2.17. The van der Waals surface area contributed by atoms with E-state index in [4.69, 9.17) is 15.0 Å². The first-order valence-corrected chi connectivity index (χ1v) is 7.09. The molecule has 0 atom stereocenters. The zero-order chi connectivity index (χ0) is 16.0. The monoisotopic (exact) mass is 318 g/mol. The van der Waals surface area contributed by atoms with E-state index in [0.29, 0.717) is 0 Å². The highest BCUT2D eigenvalue weighted by Gasteiger charge is 2.14. The fraction of sp³-hybridized carbons (Fsp3) is 0.273. The summed E-state index contributed by atoms with van der Waals surface area (Å²) in [6.07, 6.45) is 0. The van der Waals surface area contributed by atoms with Gasteiger partial charge in [0, 0.05) is 0 Å². The minimum Gasteiger partial charge on any atom is -0.495 e. The molecule has 0 fully saturated rings. The quantitative estimate of drug-likeness (QED) is 0.607. The van der Waals surface area contributed by atoms with Crippen LogP contribution in [0.2, 0.25) is 0 Å². The number of amides is 1. The van der Waals surface area contributed by atoms with Crippen LogP contribution >= 0.6 is 0 Å². The number of carboxylic acids is 1. The highest BCUT2D eigenvalue weighted by atomic mass is 32.2. The summed E-state index contributed by atoms with van der Waals surface area (Å²) in [4.78, 5) is 21.6. The zero-order valence-corrected chi connectivity index (χ0v) is 11.8. The third-order valence-corrected chi connectivity index (χ3v) is 3.14. The van der Waals surface area contributed by atoms with Crippen molar-refractivity contribution >= 4 is 27.6 Å². The van der Waals surface area contributed by atoms with Gasteiger partial charge in [-0.2, -0.15) is 0 Å². The number of nitrogens with one attached hydrogen (secondary N) is 1. The fourth-order valence-electron chi connectivity index (χ4n) is 1.38. The van der Waals surface area contributed by atoms with Crippen molar-refractivity contribution in [1.82, 2.24) is 0 Å². The van der Waals surface area contributed by atoms with E-state index in [9.17, 15) is 18.0 Å². The molecule has 1 aromatic carbocycles. The topological polar surface area (TPSA) is 145 Å². The van der Waals surface area contributed by atoms with Crippen molar-refractivity contribution in [1.29, 1.82) is 0 Å². The van der Waals surface area contributed by atoms with Gasteiger partial charge in [-0.25, -0.2) is 18.4 Å². The molecule has 0 aliphatic rings. The van der Waals surface area contributed by atoms with Crippen LogP contribution in [0, 0.1) is 0 Å². The van der Waals surface area contributed by atoms with Gasteiger partial charge in [0.15, 0.2) is 0 Å². The first kappa shape index (κ1) is 16.9. The Morgan fingerprint density at radius 1 is 1.33 bits per heavy atom. The molecular weight excluding hydrogens is 304 g/mol. The SMILES string of the molecule is COc1ccc(S(N)(=O)=O)cc1NC(=O)COCC(=O)O. The maximum Gasteiger partial charge on any atom is 0.329 e. The molecule has 0 aliphatic heterocycles. The number of nitrogens with two attached hydrogens (primary N) is 1. The predicted octanol–water partition coefficient (Wildman–Crippen LogP) is -0.618. The van der Waals surface area contributed by atoms with Crippen LogP contribution in [0.15, 0.2) is 23.1 Å². The molecular formula is C11H14N2O7S. The van der Waals surface area contributed by atoms with Crippen LogP contribution in [0.25, 0.3) is 0 Å². The first-order valence-electron chi connectivity index (χ1n) is 5.54. The van der Waals surface area contributed by atoms with Gasteiger partial charge in [-0.05, 0) is 18.2 Å². The van der Waals surface area contributed by atoms with E-state index in [1.165, 1.54) is 19.2 Å². The number of hydrogen-bond donors (Lipinski definition) is 3. The van der Waals surface area contributed by atoms with Gasteiger partial charge in [0.1, 0.15) is 19.0 Å². The molecule has 0 radical (unpaired) electrons. The largest absolute Gasteiger partial charge is 0.495 e. The maximum absolute atomic E-state index is 11.6. The summed E-state index contributed by atoms with van der Waals surface area (Å²) < 4.78 is 32.1. The summed E-state index contributed by atoms with van der Waals surface area (Å²) in [6, 6.07) is 3.68. The number of ether oxygens (including phenoxy) is 2. The van der Waals surface area contributed by atoms with E-state index >= 15 is 0 Å². The molecule has 1 rings (SSSR count). The van der Waals surface area contributed by atoms with Crippen LogP contribution in [0.4, 0.5) is 5.69 Å². The Kier molecular flexibility index (Phi) is 5.64. The van der Waals surface area contributed by atoms with Crippen molar-refractivity contribution in [2.45, 2.75) is 4.90 Å². The minimum atomic E-state index is -3.93. The molecule has 1 aromatic rings. The molecule has 0 aliphatic carbocycles. The molecule has 0 spiro atoms. The highest BCUT2D eigenvalue weighted by Crippen LogP contribution is 2.26. The molecule has 116 valence electrons. The lowest BCUT2D eigenvalue weighted by atomic mass is 10.3. The van der Waals surface area contributed by atoms with Gasteiger partial charge in [-0.15, -0.1) is 0 Å². The van der Waals surface area contributed by atoms with Gasteiger partial charge in [0.2, 0.25) is 15.9 Å². The molecule has 0 saturated carbocycles. The van der Waals surface area contributed by atoms with E-state index in [1.54, 1.807) is 0 Å². The van der Waals surface area contributed by atoms with Crippen LogP contribution in [-0.2, 0) is 24.3 Å². The molecule has 21 heavy (non-hydrogen) atoms. The van der Waals surface area contributed by atoms with Crippen molar-refractivity contribution in [2.24, 2.45) is 5.14 Å². The van der Waals surface area contributed by atoms with Crippen molar-refractivity contribution in [3.05, 3.63) is 18.2 Å². The standard InChI is InChI=1S/C11H14N2O7S/c1-19-9-3-2-7(21(12,17)18)4-8(9)13-10(14)5-20-6-11(15)16/h2-4H,5-6H2,1H3,(H,13,14)(H,15,16)(H2,12,17,18). The Morgan fingerprint density at radius 2 is 2.00 bits per heavy atom. The summed E-state index contributed by atoms with van der Waals surface area (Å²) in [5.74, 6) is -1.66. The average molecular weight is 318 g/mol. The second-order valence-corrected chi connectivity index (χ2v) is 5.40. The molecule has 0 bridgehead atoms. The first-order chi connectivity index (χ1) is 9.74. The molecule has 9 nitrogen and oxygen atoms in total. The number of benzene rings is 1. The lowest BCUT2D eigenvalue weighted by Crippen LogP contribution is -2.21. The second kappa shape index (κ2) is 7.02. The van der Waals surface area contributed by atoms with Crippen LogP contribution in [0.3, 0.4) is 0 Å². The Morgan fingerprint density at radius 3 is 2.52 bits per heavy atom. The zero-order valence-electron chi connectivity index (χ0n) is 11.0. The summed E-state index contributed by atoms with van der Waals surface area (Å²) in [5.41, 5.74) is 0.0768. The third-order valence-electron chi connectivity index (χ3n) is 2.23. The van der Waals surface area contributed by atoms with Gasteiger partial charge >= 0.3 is 5.97 Å². The summed E-state index contributed by atoms with van der Waals surface area (Å²) in [6.45, 7) is -1.13. The molecule has 0 aromatic heterocycles. The number of aliphatic carboxylic acids is 1. The Labute approximate surface area is 120 Å². The maximum atomic E-state index is 11.6. The van der Waals surface area contributed by atoms with Gasteiger partial charge in [0.05, 0.1) is 17.7 Å². The number of hydrogen-bond acceptors (Lipinski definition) is 6. The van der Waals surface area contributed by atoms with Gasteiger partial charge < -0.3 is 19.9 Å². The normalized spacial score (nSPS) is 11.0. The minimum absolute atomic E-state index is 0.0768. The van der Waals surface area contributed by atoms with Crippen molar-refractivity contribution in [3.8, 4) is 5.75 Å². The van der Waals surface area contributed by atoms with Gasteiger partial charge in [-0.1, -0.05) is 0 Å². The Balaban J connectivity index is 2.85. The number of rotatable bonds is 7. The number of carbonyl (C=O) groups is 2. The number of carbonyl (C=O) groups excluding carboxylic acids is 1. The lowest BCUT2D eigenvalue weighted by molar-refractivity contribution is -0.143. The smallest absolute Gasteiger partial charge is 0.329 e. The van der Waals surface area contributed by atoms with E-state index < -0.39 is 35.1 Å². The van der Waals surface area contributed by atoms with E-state index in [2.05, 4.69) is 10.1 Å². The van der Waals surface area contributed by atoms with Crippen molar-refractivity contribution in [3.63, 3.8) is 0 Å². The molecule has 10 heteroatoms. The van der Waals surface area contributed by atoms with Crippen LogP contribution in [0.5, 0.6) is 5.75 Å². The van der Waals surface area contributed by atoms with Crippen LogP contribution in [-0.4, -0.2) is 45.7 Å². The number of anilines is 1. The van der Waals surface area contributed by atoms with Crippen LogP contribution in [0.1, 0.15) is 0 Å². The van der Waals surface area contributed by atoms with Crippen molar-refractivity contribution in [2.75, 3.05) is 25.6 Å². The average Bonchev–Trinajstić information content (AvgIpc) is 2.37. The van der Waals surface area contributed by atoms with E-state index in [1.807, 2.05) is 0 Å². The molecule has 0 heterocycles. The van der Waals surface area contributed by atoms with Crippen molar-refractivity contribution < 1.29 is 32.6 Å².